The molecule has 1 N–H and O–H groups in total. The second kappa shape index (κ2) is 8.05. The lowest BCUT2D eigenvalue weighted by atomic mass is 10.1. The molecule has 8 nitrogen and oxygen atoms in total. The minimum Gasteiger partial charge on any atom is -0.348 e. The number of nitrogens with one attached hydrogen (secondary N) is 1. The summed E-state index contributed by atoms with van der Waals surface area (Å²) in [5.74, 6) is 0.799. The molecule has 0 saturated heterocycles. The summed E-state index contributed by atoms with van der Waals surface area (Å²) in [6.45, 7) is 4.39. The Morgan fingerprint density at radius 1 is 1.10 bits per heavy atom. The van der Waals surface area contributed by atoms with Crippen molar-refractivity contribution in [2.75, 3.05) is 16.8 Å². The lowest BCUT2D eigenvalue weighted by Gasteiger charge is -2.21. The number of amides is 1. The van der Waals surface area contributed by atoms with Crippen LogP contribution in [0.3, 0.4) is 0 Å². The molecule has 2 heterocycles. The number of carbonyl (C=O) groups is 1. The van der Waals surface area contributed by atoms with E-state index in [1.807, 2.05) is 44.2 Å². The Balaban J connectivity index is 1.57. The minimum atomic E-state index is -0.182. The molecule has 146 valence electrons. The smallest absolute Gasteiger partial charge is 0.259 e. The predicted octanol–water partition coefficient (Wildman–Crippen LogP) is 3.85. The van der Waals surface area contributed by atoms with E-state index in [-0.39, 0.29) is 11.9 Å². The molecular formula is C21H20N6O2. The van der Waals surface area contributed by atoms with Crippen LogP contribution in [0.4, 0.5) is 11.8 Å². The van der Waals surface area contributed by atoms with Crippen molar-refractivity contribution in [1.82, 2.24) is 20.3 Å². The number of hydrogen-bond acceptors (Lipinski definition) is 7. The van der Waals surface area contributed by atoms with Crippen molar-refractivity contribution < 1.29 is 9.42 Å². The van der Waals surface area contributed by atoms with E-state index in [0.717, 1.165) is 5.56 Å². The van der Waals surface area contributed by atoms with Gasteiger partial charge in [0.1, 0.15) is 16.9 Å². The summed E-state index contributed by atoms with van der Waals surface area (Å²) in [6.07, 6.45) is 1.64. The van der Waals surface area contributed by atoms with Gasteiger partial charge in [-0.05, 0) is 54.0 Å². The number of aromatic nitrogens is 4. The van der Waals surface area contributed by atoms with Crippen LogP contribution in [0.1, 0.15) is 35.8 Å². The van der Waals surface area contributed by atoms with Gasteiger partial charge in [-0.3, -0.25) is 9.69 Å². The van der Waals surface area contributed by atoms with Crippen LogP contribution in [0.5, 0.6) is 0 Å². The van der Waals surface area contributed by atoms with Crippen molar-refractivity contribution in [3.63, 3.8) is 0 Å². The molecule has 0 unspecified atom stereocenters. The molecule has 0 radical (unpaired) electrons. The summed E-state index contributed by atoms with van der Waals surface area (Å²) in [5, 5.41) is 10.9. The van der Waals surface area contributed by atoms with E-state index in [9.17, 15) is 4.79 Å². The summed E-state index contributed by atoms with van der Waals surface area (Å²) >= 11 is 0. The highest BCUT2D eigenvalue weighted by molar-refractivity contribution is 6.07. The van der Waals surface area contributed by atoms with Crippen LogP contribution in [-0.4, -0.2) is 32.7 Å². The molecule has 0 spiro atoms. The van der Waals surface area contributed by atoms with Crippen molar-refractivity contribution in [2.24, 2.45) is 0 Å². The lowest BCUT2D eigenvalue weighted by molar-refractivity contribution is 0.0987. The molecule has 0 aliphatic rings. The normalized spacial score (nSPS) is 11.9. The van der Waals surface area contributed by atoms with Crippen molar-refractivity contribution in [2.45, 2.75) is 19.9 Å². The Hall–Kier alpha value is -3.81. The van der Waals surface area contributed by atoms with Crippen molar-refractivity contribution in [3.05, 3.63) is 71.9 Å². The van der Waals surface area contributed by atoms with Gasteiger partial charge in [0.25, 0.3) is 5.91 Å². The second-order valence-electron chi connectivity index (χ2n) is 6.53. The third kappa shape index (κ3) is 3.91. The fraction of sp³-hybridized carbons (Fsp3) is 0.190. The van der Waals surface area contributed by atoms with Crippen molar-refractivity contribution in [3.8, 4) is 0 Å². The number of carbonyl (C=O) groups excluding carboxylic acids is 1. The highest BCUT2D eigenvalue weighted by Gasteiger charge is 2.19. The number of anilines is 2. The van der Waals surface area contributed by atoms with Gasteiger partial charge < -0.3 is 5.32 Å². The van der Waals surface area contributed by atoms with Gasteiger partial charge in [0.05, 0.1) is 6.04 Å². The highest BCUT2D eigenvalue weighted by Crippen LogP contribution is 2.21. The third-order valence-corrected chi connectivity index (χ3v) is 4.62. The Kier molecular flexibility index (Phi) is 5.15. The largest absolute Gasteiger partial charge is 0.348 e. The molecule has 0 aliphatic carbocycles. The zero-order chi connectivity index (χ0) is 20.2. The van der Waals surface area contributed by atoms with Crippen LogP contribution < -0.4 is 10.2 Å². The van der Waals surface area contributed by atoms with E-state index in [4.69, 9.17) is 4.63 Å². The summed E-state index contributed by atoms with van der Waals surface area (Å²) < 4.78 is 4.71. The van der Waals surface area contributed by atoms with E-state index < -0.39 is 0 Å². The zero-order valence-electron chi connectivity index (χ0n) is 16.1. The van der Waals surface area contributed by atoms with Gasteiger partial charge in [-0.25, -0.2) is 9.61 Å². The predicted molar refractivity (Wildman–Crippen MR) is 110 cm³/mol. The number of hydrogen-bond donors (Lipinski definition) is 1. The van der Waals surface area contributed by atoms with Gasteiger partial charge in [0.2, 0.25) is 5.95 Å². The van der Waals surface area contributed by atoms with Gasteiger partial charge in [0, 0.05) is 18.3 Å². The average molecular weight is 388 g/mol. The van der Waals surface area contributed by atoms with Crippen molar-refractivity contribution in [1.29, 1.82) is 0 Å². The van der Waals surface area contributed by atoms with Gasteiger partial charge in [-0.15, -0.1) is 0 Å². The Morgan fingerprint density at radius 3 is 2.69 bits per heavy atom. The first-order valence-corrected chi connectivity index (χ1v) is 9.34. The molecule has 4 aromatic rings. The van der Waals surface area contributed by atoms with Crippen molar-refractivity contribution >= 4 is 28.7 Å². The first-order valence-electron chi connectivity index (χ1n) is 9.34. The Bertz CT molecular complexity index is 1130. The highest BCUT2D eigenvalue weighted by atomic mass is 16.6. The van der Waals surface area contributed by atoms with Crippen LogP contribution in [0.15, 0.2) is 65.4 Å². The fourth-order valence-electron chi connectivity index (χ4n) is 3.07. The quantitative estimate of drug-likeness (QED) is 0.536. The molecule has 0 aliphatic heterocycles. The van der Waals surface area contributed by atoms with Crippen LogP contribution >= 0.6 is 0 Å². The van der Waals surface area contributed by atoms with E-state index in [2.05, 4.69) is 25.6 Å². The molecule has 29 heavy (non-hydrogen) atoms. The van der Waals surface area contributed by atoms with Crippen LogP contribution in [-0.2, 0) is 0 Å². The maximum atomic E-state index is 13.1. The standard InChI is InChI=1S/C21H20N6O2/c1-3-27(20(28)16-9-10-17-18(13-16)26-29-25-17)19-11-12-22-21(24-19)23-14(2)15-7-5-4-6-8-15/h4-14H,3H2,1-2H3,(H,22,23,24)/t14-/m0/s1. The molecule has 4 rings (SSSR count). The van der Waals surface area contributed by atoms with Gasteiger partial charge >= 0.3 is 0 Å². The fourth-order valence-corrected chi connectivity index (χ4v) is 3.07. The lowest BCUT2D eigenvalue weighted by Crippen LogP contribution is -2.31. The molecular weight excluding hydrogens is 368 g/mol. The summed E-state index contributed by atoms with van der Waals surface area (Å²) in [7, 11) is 0. The number of rotatable bonds is 6. The maximum Gasteiger partial charge on any atom is 0.259 e. The van der Waals surface area contributed by atoms with Crippen LogP contribution in [0.2, 0.25) is 0 Å². The average Bonchev–Trinajstić information content (AvgIpc) is 3.23. The molecule has 0 saturated carbocycles. The maximum absolute atomic E-state index is 13.1. The molecule has 0 fully saturated rings. The third-order valence-electron chi connectivity index (χ3n) is 4.62. The molecule has 1 atom stereocenters. The minimum absolute atomic E-state index is 0.0271. The summed E-state index contributed by atoms with van der Waals surface area (Å²) in [6, 6.07) is 16.9. The Morgan fingerprint density at radius 2 is 1.90 bits per heavy atom. The van der Waals surface area contributed by atoms with E-state index in [0.29, 0.717) is 34.9 Å². The Labute approximate surface area is 167 Å². The van der Waals surface area contributed by atoms with E-state index in [1.54, 1.807) is 35.4 Å². The van der Waals surface area contributed by atoms with Gasteiger partial charge in [-0.1, -0.05) is 30.3 Å². The second-order valence-corrected chi connectivity index (χ2v) is 6.53. The number of nitrogens with zero attached hydrogens (tertiary/aromatic N) is 5. The molecule has 0 bridgehead atoms. The first kappa shape index (κ1) is 18.5. The summed E-state index contributed by atoms with van der Waals surface area (Å²) in [5.41, 5.74) is 2.75. The monoisotopic (exact) mass is 388 g/mol. The molecule has 2 aromatic carbocycles. The topological polar surface area (TPSA) is 97.0 Å². The SMILES string of the molecule is CCN(C(=O)c1ccc2nonc2c1)c1ccnc(N[C@@H](C)c2ccccc2)n1. The van der Waals surface area contributed by atoms with E-state index >= 15 is 0 Å². The van der Waals surface area contributed by atoms with Crippen LogP contribution in [0, 0.1) is 0 Å². The molecule has 2 aromatic heterocycles. The zero-order valence-corrected chi connectivity index (χ0v) is 16.1. The number of benzene rings is 2. The molecule has 8 heteroatoms. The number of fused-ring (bicyclic) bond motifs is 1. The molecule has 1 amide bonds. The van der Waals surface area contributed by atoms with Gasteiger partial charge in [0.15, 0.2) is 0 Å². The first-order chi connectivity index (χ1) is 14.2. The van der Waals surface area contributed by atoms with E-state index in [1.165, 1.54) is 0 Å². The van der Waals surface area contributed by atoms with Crippen LogP contribution in [0.25, 0.3) is 11.0 Å². The summed E-state index contributed by atoms with van der Waals surface area (Å²) in [4.78, 5) is 23.5. The van der Waals surface area contributed by atoms with Gasteiger partial charge in [-0.2, -0.15) is 4.98 Å².